The molecule has 0 saturated carbocycles. The molecule has 0 saturated heterocycles. The molecule has 0 radical (unpaired) electrons. The van der Waals surface area contributed by atoms with Crippen LogP contribution >= 0.6 is 11.3 Å². The van der Waals surface area contributed by atoms with Gasteiger partial charge in [0.05, 0.1) is 17.2 Å². The molecule has 10 heteroatoms. The Morgan fingerprint density at radius 3 is 2.78 bits per heavy atom. The minimum Gasteiger partial charge on any atom is -0.442 e. The van der Waals surface area contributed by atoms with E-state index in [1.165, 1.54) is 37.4 Å². The highest BCUT2D eigenvalue weighted by atomic mass is 32.2. The van der Waals surface area contributed by atoms with Crippen molar-refractivity contribution in [2.24, 2.45) is 0 Å². The summed E-state index contributed by atoms with van der Waals surface area (Å²) in [5.41, 5.74) is 0.626. The fourth-order valence-electron chi connectivity index (χ4n) is 1.82. The Hall–Kier alpha value is -1.75. The summed E-state index contributed by atoms with van der Waals surface area (Å²) in [5, 5.41) is 11.7. The van der Waals surface area contributed by atoms with Gasteiger partial charge in [-0.05, 0) is 19.1 Å². The number of nitrogens with zero attached hydrogens (tertiary/aromatic N) is 2. The Kier molecular flexibility index (Phi) is 5.19. The van der Waals surface area contributed by atoms with E-state index >= 15 is 0 Å². The molecule has 23 heavy (non-hydrogen) atoms. The molecule has 1 amide bonds. The van der Waals surface area contributed by atoms with Gasteiger partial charge in [0.15, 0.2) is 5.13 Å². The number of furan rings is 1. The van der Waals surface area contributed by atoms with E-state index in [0.717, 1.165) is 4.31 Å². The van der Waals surface area contributed by atoms with Crippen molar-refractivity contribution in [2.45, 2.75) is 18.9 Å². The van der Waals surface area contributed by atoms with E-state index in [0.29, 0.717) is 21.5 Å². The van der Waals surface area contributed by atoms with Crippen molar-refractivity contribution in [3.05, 3.63) is 17.8 Å². The molecule has 0 aliphatic carbocycles. The summed E-state index contributed by atoms with van der Waals surface area (Å²) in [5.74, 6) is 0.117. The second-order valence-electron chi connectivity index (χ2n) is 4.78. The number of likely N-dealkylation sites (N-methyl/N-ethyl adjacent to an activating group) is 1. The van der Waals surface area contributed by atoms with Crippen LogP contribution in [0, 0.1) is 6.92 Å². The van der Waals surface area contributed by atoms with Crippen molar-refractivity contribution in [1.82, 2.24) is 9.29 Å². The number of aliphatic hydroxyl groups is 1. The number of carbonyl (C=O) groups excluding carboxylic acids is 1. The van der Waals surface area contributed by atoms with E-state index in [1.54, 1.807) is 6.92 Å². The van der Waals surface area contributed by atoms with E-state index in [2.05, 4.69) is 10.3 Å². The first-order valence-corrected chi connectivity index (χ1v) is 8.93. The van der Waals surface area contributed by atoms with E-state index in [4.69, 9.17) is 9.52 Å². The van der Waals surface area contributed by atoms with E-state index < -0.39 is 10.0 Å². The maximum Gasteiger partial charge on any atom is 0.276 e. The molecule has 2 rings (SSSR count). The zero-order valence-electron chi connectivity index (χ0n) is 12.9. The van der Waals surface area contributed by atoms with Crippen LogP contribution in [-0.2, 0) is 14.8 Å². The van der Waals surface area contributed by atoms with Crippen LogP contribution in [0.1, 0.15) is 12.6 Å². The van der Waals surface area contributed by atoms with Crippen molar-refractivity contribution in [1.29, 1.82) is 0 Å². The van der Waals surface area contributed by atoms with Gasteiger partial charge >= 0.3 is 0 Å². The predicted octanol–water partition coefficient (Wildman–Crippen LogP) is 1.28. The highest BCUT2D eigenvalue weighted by Crippen LogP contribution is 2.35. The number of carbonyl (C=O) groups is 1. The standard InChI is InChI=1S/C13H17N3O5S2/c1-8-12(22-13(14-8)15-9(2)18)10-4-5-11(21-10)23(19,20)16(3)6-7-17/h4-5,17H,6-7H2,1-3H3,(H,14,15,18). The summed E-state index contributed by atoms with van der Waals surface area (Å²) in [4.78, 5) is 15.9. The molecular weight excluding hydrogens is 342 g/mol. The molecular formula is C13H17N3O5S2. The van der Waals surface area contributed by atoms with Gasteiger partial charge in [0.1, 0.15) is 5.76 Å². The van der Waals surface area contributed by atoms with Crippen LogP contribution in [0.4, 0.5) is 5.13 Å². The Bertz CT molecular complexity index is 809. The fraction of sp³-hybridized carbons (Fsp3) is 0.385. The zero-order valence-corrected chi connectivity index (χ0v) is 14.5. The lowest BCUT2D eigenvalue weighted by Gasteiger charge is -2.13. The number of amides is 1. The Labute approximate surface area is 137 Å². The summed E-state index contributed by atoms with van der Waals surface area (Å²) in [7, 11) is -2.43. The first-order chi connectivity index (χ1) is 10.8. The molecule has 2 N–H and O–H groups in total. The van der Waals surface area contributed by atoms with Gasteiger partial charge in [-0.2, -0.15) is 4.31 Å². The average Bonchev–Trinajstić information content (AvgIpc) is 3.05. The van der Waals surface area contributed by atoms with Crippen molar-refractivity contribution in [3.8, 4) is 10.6 Å². The number of sulfonamides is 1. The lowest BCUT2D eigenvalue weighted by Crippen LogP contribution is -2.29. The van der Waals surface area contributed by atoms with Crippen molar-refractivity contribution < 1.29 is 22.7 Å². The number of anilines is 1. The SMILES string of the molecule is CC(=O)Nc1nc(C)c(-c2ccc(S(=O)(=O)N(C)CCO)o2)s1. The zero-order chi connectivity index (χ0) is 17.2. The van der Waals surface area contributed by atoms with Crippen LogP contribution in [0.2, 0.25) is 0 Å². The number of nitrogens with one attached hydrogen (secondary N) is 1. The summed E-state index contributed by atoms with van der Waals surface area (Å²) in [6, 6.07) is 2.90. The molecule has 0 bridgehead atoms. The van der Waals surface area contributed by atoms with Gasteiger partial charge in [0.2, 0.25) is 11.0 Å². The summed E-state index contributed by atoms with van der Waals surface area (Å²) in [6.07, 6.45) is 0. The molecule has 0 atom stereocenters. The molecule has 0 fully saturated rings. The molecule has 0 aliphatic rings. The third kappa shape index (κ3) is 3.78. The van der Waals surface area contributed by atoms with Gasteiger partial charge in [0.25, 0.3) is 10.0 Å². The van der Waals surface area contributed by atoms with E-state index in [-0.39, 0.29) is 24.2 Å². The van der Waals surface area contributed by atoms with Gasteiger partial charge in [-0.25, -0.2) is 13.4 Å². The van der Waals surface area contributed by atoms with Gasteiger partial charge in [-0.1, -0.05) is 11.3 Å². The van der Waals surface area contributed by atoms with E-state index in [1.807, 2.05) is 0 Å². The predicted molar refractivity (Wildman–Crippen MR) is 85.8 cm³/mol. The van der Waals surface area contributed by atoms with Crippen LogP contribution in [-0.4, -0.2) is 48.9 Å². The first-order valence-electron chi connectivity index (χ1n) is 6.68. The molecule has 0 aliphatic heterocycles. The molecule has 0 spiro atoms. The van der Waals surface area contributed by atoms with Gasteiger partial charge < -0.3 is 14.8 Å². The minimum absolute atomic E-state index is 0.0232. The number of rotatable bonds is 6. The summed E-state index contributed by atoms with van der Waals surface area (Å²) >= 11 is 1.20. The van der Waals surface area contributed by atoms with Gasteiger partial charge in [-0.15, -0.1) is 0 Å². The molecule has 0 aromatic carbocycles. The van der Waals surface area contributed by atoms with Crippen LogP contribution in [0.3, 0.4) is 0 Å². The second kappa shape index (κ2) is 6.79. The fourth-order valence-corrected chi connectivity index (χ4v) is 3.86. The number of thiazole rings is 1. The Morgan fingerprint density at radius 1 is 1.48 bits per heavy atom. The van der Waals surface area contributed by atoms with Crippen LogP contribution < -0.4 is 5.32 Å². The number of hydrogen-bond donors (Lipinski definition) is 2. The van der Waals surface area contributed by atoms with Crippen LogP contribution in [0.15, 0.2) is 21.6 Å². The first kappa shape index (κ1) is 17.6. The molecule has 8 nitrogen and oxygen atoms in total. The minimum atomic E-state index is -3.79. The molecule has 2 aromatic rings. The maximum atomic E-state index is 12.3. The smallest absolute Gasteiger partial charge is 0.276 e. The Balaban J connectivity index is 2.33. The van der Waals surface area contributed by atoms with Crippen molar-refractivity contribution in [2.75, 3.05) is 25.5 Å². The average molecular weight is 359 g/mol. The number of aryl methyl sites for hydroxylation is 1. The number of aliphatic hydroxyl groups excluding tert-OH is 1. The van der Waals surface area contributed by atoms with Gasteiger partial charge in [0, 0.05) is 20.5 Å². The van der Waals surface area contributed by atoms with Crippen LogP contribution in [0.5, 0.6) is 0 Å². The molecule has 0 unspecified atom stereocenters. The third-order valence-electron chi connectivity index (χ3n) is 2.96. The summed E-state index contributed by atoms with van der Waals surface area (Å²) in [6.45, 7) is 2.82. The van der Waals surface area contributed by atoms with Crippen molar-refractivity contribution in [3.63, 3.8) is 0 Å². The van der Waals surface area contributed by atoms with E-state index in [9.17, 15) is 13.2 Å². The maximum absolute atomic E-state index is 12.3. The second-order valence-corrected chi connectivity index (χ2v) is 7.76. The quantitative estimate of drug-likeness (QED) is 0.803. The monoisotopic (exact) mass is 359 g/mol. The highest BCUT2D eigenvalue weighted by Gasteiger charge is 2.25. The summed E-state index contributed by atoms with van der Waals surface area (Å²) < 4.78 is 31.0. The third-order valence-corrected chi connectivity index (χ3v) is 5.78. The molecule has 2 aromatic heterocycles. The Morgan fingerprint density at radius 2 is 2.17 bits per heavy atom. The largest absolute Gasteiger partial charge is 0.442 e. The lowest BCUT2D eigenvalue weighted by molar-refractivity contribution is -0.114. The normalized spacial score (nSPS) is 11.9. The van der Waals surface area contributed by atoms with Gasteiger partial charge in [-0.3, -0.25) is 4.79 Å². The van der Waals surface area contributed by atoms with Crippen LogP contribution in [0.25, 0.3) is 10.6 Å². The number of hydrogen-bond acceptors (Lipinski definition) is 7. The van der Waals surface area contributed by atoms with Crippen molar-refractivity contribution >= 4 is 32.4 Å². The number of aromatic nitrogens is 1. The molecule has 126 valence electrons. The molecule has 2 heterocycles. The highest BCUT2D eigenvalue weighted by molar-refractivity contribution is 7.89. The lowest BCUT2D eigenvalue weighted by atomic mass is 10.3. The topological polar surface area (TPSA) is 113 Å².